The van der Waals surface area contributed by atoms with Crippen molar-refractivity contribution in [3.05, 3.63) is 59.7 Å². The van der Waals surface area contributed by atoms with Crippen molar-refractivity contribution in [1.29, 1.82) is 0 Å². The van der Waals surface area contributed by atoms with Crippen molar-refractivity contribution >= 4 is 10.0 Å². The lowest BCUT2D eigenvalue weighted by atomic mass is 10.0. The highest BCUT2D eigenvalue weighted by atomic mass is 32.2. The van der Waals surface area contributed by atoms with E-state index in [0.717, 1.165) is 16.9 Å². The fourth-order valence-electron chi connectivity index (χ4n) is 2.83. The van der Waals surface area contributed by atoms with Gasteiger partial charge >= 0.3 is 0 Å². The molecule has 24 heavy (non-hydrogen) atoms. The van der Waals surface area contributed by atoms with Crippen LogP contribution in [0.4, 0.5) is 0 Å². The zero-order valence-corrected chi connectivity index (χ0v) is 14.4. The molecule has 2 aromatic carbocycles. The van der Waals surface area contributed by atoms with Gasteiger partial charge in [-0.2, -0.15) is 0 Å². The van der Waals surface area contributed by atoms with Gasteiger partial charge in [-0.1, -0.05) is 42.5 Å². The van der Waals surface area contributed by atoms with Gasteiger partial charge in [0.25, 0.3) is 0 Å². The maximum absolute atomic E-state index is 12.4. The fraction of sp³-hybridized carbons (Fsp3) is 0.333. The van der Waals surface area contributed by atoms with E-state index in [2.05, 4.69) is 4.72 Å². The summed E-state index contributed by atoms with van der Waals surface area (Å²) in [6.45, 7) is 2.78. The van der Waals surface area contributed by atoms with E-state index in [1.165, 1.54) is 0 Å². The Morgan fingerprint density at radius 3 is 2.71 bits per heavy atom. The molecule has 0 radical (unpaired) electrons. The largest absolute Gasteiger partial charge is 0.490 e. The molecule has 0 aromatic heterocycles. The van der Waals surface area contributed by atoms with Gasteiger partial charge in [-0.05, 0) is 30.5 Å². The first-order valence-corrected chi connectivity index (χ1v) is 9.64. The van der Waals surface area contributed by atoms with Crippen LogP contribution in [-0.4, -0.2) is 27.7 Å². The van der Waals surface area contributed by atoms with Gasteiger partial charge in [0.15, 0.2) is 11.5 Å². The second kappa shape index (κ2) is 7.23. The smallest absolute Gasteiger partial charge is 0.216 e. The van der Waals surface area contributed by atoms with Crippen molar-refractivity contribution in [2.75, 3.05) is 13.2 Å². The number of hydrogen-bond acceptors (Lipinski definition) is 4. The summed E-state index contributed by atoms with van der Waals surface area (Å²) in [7, 11) is -3.42. The second-order valence-electron chi connectivity index (χ2n) is 5.75. The summed E-state index contributed by atoms with van der Waals surface area (Å²) in [4.78, 5) is 0. The molecule has 0 bridgehead atoms. The molecule has 1 aliphatic heterocycles. The topological polar surface area (TPSA) is 64.6 Å². The zero-order valence-electron chi connectivity index (χ0n) is 13.6. The Balaban J connectivity index is 1.68. The summed E-state index contributed by atoms with van der Waals surface area (Å²) in [5.41, 5.74) is 1.72. The molecule has 1 atom stereocenters. The third kappa shape index (κ3) is 4.07. The summed E-state index contributed by atoms with van der Waals surface area (Å²) in [5.74, 6) is 1.40. The van der Waals surface area contributed by atoms with Gasteiger partial charge in [-0.15, -0.1) is 0 Å². The lowest BCUT2D eigenvalue weighted by Gasteiger charge is -2.27. The van der Waals surface area contributed by atoms with Crippen LogP contribution in [0.15, 0.2) is 48.5 Å². The Bertz CT molecular complexity index is 790. The molecule has 3 rings (SSSR count). The number of rotatable bonds is 6. The van der Waals surface area contributed by atoms with Crippen molar-refractivity contribution in [2.45, 2.75) is 25.1 Å². The predicted octanol–water partition coefficient (Wildman–Crippen LogP) is 2.51. The first-order valence-electron chi connectivity index (χ1n) is 7.99. The van der Waals surface area contributed by atoms with E-state index in [4.69, 9.17) is 9.47 Å². The van der Waals surface area contributed by atoms with Gasteiger partial charge in [0, 0.05) is 0 Å². The summed E-state index contributed by atoms with van der Waals surface area (Å²) < 4.78 is 38.8. The van der Waals surface area contributed by atoms with Gasteiger partial charge < -0.3 is 9.47 Å². The Hall–Kier alpha value is -2.05. The zero-order chi connectivity index (χ0) is 17.0. The highest BCUT2D eigenvalue weighted by Gasteiger charge is 2.26. The van der Waals surface area contributed by atoms with Gasteiger partial charge in [-0.3, -0.25) is 0 Å². The standard InChI is InChI=1S/C18H21NO4S/c1-2-22-17-10-6-9-15-11-16(12-23-18(15)17)19-24(20,21)13-14-7-4-3-5-8-14/h3-10,16,19H,2,11-13H2,1H3/t16-/m0/s1. The maximum Gasteiger partial charge on any atom is 0.216 e. The average molecular weight is 347 g/mol. The van der Waals surface area contributed by atoms with E-state index < -0.39 is 10.0 Å². The Kier molecular flexibility index (Phi) is 5.06. The minimum atomic E-state index is -3.42. The fourth-order valence-corrected chi connectivity index (χ4v) is 4.20. The molecule has 0 aliphatic carbocycles. The first-order chi connectivity index (χ1) is 11.6. The predicted molar refractivity (Wildman–Crippen MR) is 92.8 cm³/mol. The van der Waals surface area contributed by atoms with E-state index in [0.29, 0.717) is 25.4 Å². The molecule has 5 nitrogen and oxygen atoms in total. The lowest BCUT2D eigenvalue weighted by molar-refractivity contribution is 0.233. The number of benzene rings is 2. The normalized spacial score (nSPS) is 17.0. The van der Waals surface area contributed by atoms with Crippen molar-refractivity contribution < 1.29 is 17.9 Å². The molecule has 0 fully saturated rings. The number of sulfonamides is 1. The van der Waals surface area contributed by atoms with E-state index >= 15 is 0 Å². The van der Waals surface area contributed by atoms with Gasteiger partial charge in [0.1, 0.15) is 6.61 Å². The number of fused-ring (bicyclic) bond motifs is 1. The minimum Gasteiger partial charge on any atom is -0.490 e. The Morgan fingerprint density at radius 2 is 1.96 bits per heavy atom. The van der Waals surface area contributed by atoms with Gasteiger partial charge in [0.2, 0.25) is 10.0 Å². The van der Waals surface area contributed by atoms with E-state index in [9.17, 15) is 8.42 Å². The minimum absolute atomic E-state index is 0.0316. The van der Waals surface area contributed by atoms with Crippen LogP contribution >= 0.6 is 0 Å². The van der Waals surface area contributed by atoms with Crippen LogP contribution in [0, 0.1) is 0 Å². The molecule has 0 saturated heterocycles. The molecule has 1 aliphatic rings. The van der Waals surface area contributed by atoms with E-state index in [1.807, 2.05) is 43.3 Å². The van der Waals surface area contributed by atoms with E-state index in [1.54, 1.807) is 12.1 Å². The number of hydrogen-bond donors (Lipinski definition) is 1. The van der Waals surface area contributed by atoms with Crippen LogP contribution in [0.5, 0.6) is 11.5 Å². The summed E-state index contributed by atoms with van der Waals surface area (Å²) in [5, 5.41) is 0. The quantitative estimate of drug-likeness (QED) is 0.872. The van der Waals surface area contributed by atoms with Crippen LogP contribution in [0.25, 0.3) is 0 Å². The lowest BCUT2D eigenvalue weighted by Crippen LogP contribution is -2.43. The van der Waals surface area contributed by atoms with Crippen LogP contribution in [0.3, 0.4) is 0 Å². The molecule has 6 heteroatoms. The van der Waals surface area contributed by atoms with Crippen molar-refractivity contribution in [3.8, 4) is 11.5 Å². The Labute approximate surface area is 142 Å². The van der Waals surface area contributed by atoms with Gasteiger partial charge in [-0.25, -0.2) is 13.1 Å². The molecular formula is C18H21NO4S. The Morgan fingerprint density at radius 1 is 1.17 bits per heavy atom. The number of ether oxygens (including phenoxy) is 2. The van der Waals surface area contributed by atoms with E-state index in [-0.39, 0.29) is 11.8 Å². The first kappa shape index (κ1) is 16.8. The maximum atomic E-state index is 12.4. The van der Waals surface area contributed by atoms with Crippen molar-refractivity contribution in [1.82, 2.24) is 4.72 Å². The molecule has 0 unspecified atom stereocenters. The second-order valence-corrected chi connectivity index (χ2v) is 7.51. The molecule has 128 valence electrons. The van der Waals surface area contributed by atoms with Gasteiger partial charge in [0.05, 0.1) is 18.4 Å². The molecule has 1 N–H and O–H groups in total. The molecule has 0 amide bonds. The summed E-state index contributed by atoms with van der Waals surface area (Å²) >= 11 is 0. The van der Waals surface area contributed by atoms with Crippen molar-refractivity contribution in [2.24, 2.45) is 0 Å². The van der Waals surface area contributed by atoms with Crippen LogP contribution in [0.1, 0.15) is 18.1 Å². The number of nitrogens with one attached hydrogen (secondary N) is 1. The van der Waals surface area contributed by atoms with Crippen molar-refractivity contribution in [3.63, 3.8) is 0 Å². The van der Waals surface area contributed by atoms with Crippen LogP contribution in [-0.2, 0) is 22.2 Å². The highest BCUT2D eigenvalue weighted by molar-refractivity contribution is 7.88. The molecule has 1 heterocycles. The third-order valence-corrected chi connectivity index (χ3v) is 5.21. The third-order valence-electron chi connectivity index (χ3n) is 3.80. The average Bonchev–Trinajstić information content (AvgIpc) is 2.55. The molecular weight excluding hydrogens is 326 g/mol. The summed E-state index contributed by atoms with van der Waals surface area (Å²) in [6.07, 6.45) is 0.588. The van der Waals surface area contributed by atoms with Crippen LogP contribution in [0.2, 0.25) is 0 Å². The SMILES string of the molecule is CCOc1cccc2c1OC[C@@H](NS(=O)(=O)Cc1ccccc1)C2. The monoisotopic (exact) mass is 347 g/mol. The molecule has 0 spiro atoms. The number of para-hydroxylation sites is 1. The molecule has 2 aromatic rings. The van der Waals surface area contributed by atoms with Crippen LogP contribution < -0.4 is 14.2 Å². The highest BCUT2D eigenvalue weighted by Crippen LogP contribution is 2.34. The molecule has 0 saturated carbocycles. The summed E-state index contributed by atoms with van der Waals surface area (Å²) in [6, 6.07) is 14.6.